The van der Waals surface area contributed by atoms with E-state index in [1.165, 1.54) is 0 Å². The zero-order chi connectivity index (χ0) is 16.9. The summed E-state index contributed by atoms with van der Waals surface area (Å²) in [6.07, 6.45) is 7.49. The summed E-state index contributed by atoms with van der Waals surface area (Å²) in [5.74, 6) is 2.43. The van der Waals surface area contributed by atoms with Crippen LogP contribution in [0.3, 0.4) is 0 Å². The van der Waals surface area contributed by atoms with Crippen LogP contribution in [0.4, 0.5) is 0 Å². The molecule has 0 aromatic carbocycles. The van der Waals surface area contributed by atoms with Crippen LogP contribution in [0, 0.1) is 6.92 Å². The Kier molecular flexibility index (Phi) is 5.23. The molecule has 0 bridgehead atoms. The maximum Gasteiger partial charge on any atom is 0.253 e. The smallest absolute Gasteiger partial charge is 0.253 e. The standard InChI is InChI=1S/C18H25N5O/c1-3-4-11-23-17(20-14(2)21-23)15-7-12-22(13-8-15)18(24)16-5-9-19-10-6-16/h5-6,9-10,15H,3-4,7-8,11-13H2,1-2H3. The third-order valence-corrected chi connectivity index (χ3v) is 4.60. The number of rotatable bonds is 5. The van der Waals surface area contributed by atoms with Crippen LogP contribution in [-0.2, 0) is 6.54 Å². The Morgan fingerprint density at radius 3 is 2.62 bits per heavy atom. The van der Waals surface area contributed by atoms with Crippen molar-refractivity contribution in [1.82, 2.24) is 24.6 Å². The number of likely N-dealkylation sites (tertiary alicyclic amines) is 1. The fourth-order valence-corrected chi connectivity index (χ4v) is 3.26. The van der Waals surface area contributed by atoms with E-state index in [2.05, 4.69) is 26.7 Å². The highest BCUT2D eigenvalue weighted by molar-refractivity contribution is 5.94. The summed E-state index contributed by atoms with van der Waals surface area (Å²) < 4.78 is 2.07. The van der Waals surface area contributed by atoms with E-state index in [1.807, 2.05) is 11.8 Å². The van der Waals surface area contributed by atoms with Crippen molar-refractivity contribution in [2.24, 2.45) is 0 Å². The Morgan fingerprint density at radius 2 is 1.96 bits per heavy atom. The van der Waals surface area contributed by atoms with Gasteiger partial charge >= 0.3 is 0 Å². The van der Waals surface area contributed by atoms with Gasteiger partial charge < -0.3 is 4.90 Å². The zero-order valence-electron chi connectivity index (χ0n) is 14.5. The molecule has 6 nitrogen and oxygen atoms in total. The summed E-state index contributed by atoms with van der Waals surface area (Å²) in [4.78, 5) is 23.1. The molecular weight excluding hydrogens is 302 g/mol. The second-order valence-corrected chi connectivity index (χ2v) is 6.40. The summed E-state index contributed by atoms with van der Waals surface area (Å²) in [6.45, 7) is 6.61. The van der Waals surface area contributed by atoms with Gasteiger partial charge in [0.25, 0.3) is 5.91 Å². The van der Waals surface area contributed by atoms with Crippen LogP contribution in [0.1, 0.15) is 60.5 Å². The average molecular weight is 327 g/mol. The predicted octanol–water partition coefficient (Wildman–Crippen LogP) is 2.80. The van der Waals surface area contributed by atoms with Crippen LogP contribution in [0.25, 0.3) is 0 Å². The lowest BCUT2D eigenvalue weighted by atomic mass is 9.95. The molecule has 0 spiro atoms. The SMILES string of the molecule is CCCCn1nc(C)nc1C1CCN(C(=O)c2ccncc2)CC1. The summed E-state index contributed by atoms with van der Waals surface area (Å²) in [7, 11) is 0. The summed E-state index contributed by atoms with van der Waals surface area (Å²) in [5, 5.41) is 4.54. The number of pyridine rings is 1. The van der Waals surface area contributed by atoms with Crippen molar-refractivity contribution >= 4 is 5.91 Å². The van der Waals surface area contributed by atoms with E-state index in [4.69, 9.17) is 0 Å². The number of carbonyl (C=O) groups is 1. The first-order valence-electron chi connectivity index (χ1n) is 8.79. The molecule has 2 aromatic rings. The third-order valence-electron chi connectivity index (χ3n) is 4.60. The lowest BCUT2D eigenvalue weighted by Crippen LogP contribution is -2.38. The van der Waals surface area contributed by atoms with E-state index < -0.39 is 0 Å². The van der Waals surface area contributed by atoms with Gasteiger partial charge in [-0.15, -0.1) is 0 Å². The van der Waals surface area contributed by atoms with Gasteiger partial charge in [0.05, 0.1) is 0 Å². The molecule has 3 rings (SSSR count). The fraction of sp³-hybridized carbons (Fsp3) is 0.556. The minimum Gasteiger partial charge on any atom is -0.339 e. The van der Waals surface area contributed by atoms with E-state index in [0.717, 1.165) is 57.0 Å². The van der Waals surface area contributed by atoms with Crippen molar-refractivity contribution in [2.45, 2.75) is 52.0 Å². The van der Waals surface area contributed by atoms with Crippen LogP contribution < -0.4 is 0 Å². The Morgan fingerprint density at radius 1 is 1.25 bits per heavy atom. The number of amides is 1. The van der Waals surface area contributed by atoms with Crippen LogP contribution in [0.2, 0.25) is 0 Å². The van der Waals surface area contributed by atoms with Crippen LogP contribution in [0.15, 0.2) is 24.5 Å². The zero-order valence-corrected chi connectivity index (χ0v) is 14.5. The quantitative estimate of drug-likeness (QED) is 0.847. The number of hydrogen-bond donors (Lipinski definition) is 0. The van der Waals surface area contributed by atoms with Gasteiger partial charge in [0.2, 0.25) is 0 Å². The van der Waals surface area contributed by atoms with Crippen molar-refractivity contribution in [3.63, 3.8) is 0 Å². The molecule has 0 unspecified atom stereocenters. The van der Waals surface area contributed by atoms with Crippen molar-refractivity contribution in [3.05, 3.63) is 41.7 Å². The Balaban J connectivity index is 1.64. The van der Waals surface area contributed by atoms with Gasteiger partial charge in [-0.25, -0.2) is 9.67 Å². The van der Waals surface area contributed by atoms with Gasteiger partial charge in [0, 0.05) is 43.5 Å². The van der Waals surface area contributed by atoms with E-state index in [1.54, 1.807) is 24.5 Å². The monoisotopic (exact) mass is 327 g/mol. The second-order valence-electron chi connectivity index (χ2n) is 6.40. The highest BCUT2D eigenvalue weighted by Crippen LogP contribution is 2.27. The molecule has 1 saturated heterocycles. The first-order valence-corrected chi connectivity index (χ1v) is 8.79. The molecule has 1 amide bonds. The van der Waals surface area contributed by atoms with E-state index >= 15 is 0 Å². The molecule has 1 fully saturated rings. The van der Waals surface area contributed by atoms with Crippen LogP contribution in [-0.4, -0.2) is 43.6 Å². The summed E-state index contributed by atoms with van der Waals surface area (Å²) in [6, 6.07) is 3.55. The van der Waals surface area contributed by atoms with Gasteiger partial charge in [-0.05, 0) is 38.3 Å². The first-order chi connectivity index (χ1) is 11.7. The minimum absolute atomic E-state index is 0.0967. The number of aromatic nitrogens is 4. The molecule has 3 heterocycles. The number of hydrogen-bond acceptors (Lipinski definition) is 4. The minimum atomic E-state index is 0.0967. The average Bonchev–Trinajstić information content (AvgIpc) is 3.01. The first kappa shape index (κ1) is 16.6. The van der Waals surface area contributed by atoms with E-state index in [0.29, 0.717) is 11.5 Å². The van der Waals surface area contributed by atoms with Gasteiger partial charge in [0.1, 0.15) is 11.6 Å². The molecule has 0 aliphatic carbocycles. The lowest BCUT2D eigenvalue weighted by molar-refractivity contribution is 0.0710. The van der Waals surface area contributed by atoms with Crippen LogP contribution >= 0.6 is 0 Å². The molecule has 6 heteroatoms. The third kappa shape index (κ3) is 3.63. The number of nitrogens with zero attached hydrogens (tertiary/aromatic N) is 5. The summed E-state index contributed by atoms with van der Waals surface area (Å²) in [5.41, 5.74) is 0.713. The molecule has 0 radical (unpaired) electrons. The number of aryl methyl sites for hydroxylation is 2. The topological polar surface area (TPSA) is 63.9 Å². The molecule has 2 aromatic heterocycles. The highest BCUT2D eigenvalue weighted by atomic mass is 16.2. The van der Waals surface area contributed by atoms with Crippen LogP contribution in [0.5, 0.6) is 0 Å². The molecule has 0 atom stereocenters. The number of carbonyl (C=O) groups excluding carboxylic acids is 1. The summed E-state index contributed by atoms with van der Waals surface area (Å²) >= 11 is 0. The van der Waals surface area contributed by atoms with Gasteiger partial charge in [-0.3, -0.25) is 9.78 Å². The molecule has 0 N–H and O–H groups in total. The molecule has 128 valence electrons. The predicted molar refractivity (Wildman–Crippen MR) is 91.8 cm³/mol. The largest absolute Gasteiger partial charge is 0.339 e. The Bertz CT molecular complexity index is 674. The van der Waals surface area contributed by atoms with E-state index in [-0.39, 0.29) is 5.91 Å². The fourth-order valence-electron chi connectivity index (χ4n) is 3.26. The maximum atomic E-state index is 12.5. The molecule has 0 saturated carbocycles. The van der Waals surface area contributed by atoms with Crippen molar-refractivity contribution < 1.29 is 4.79 Å². The number of piperidine rings is 1. The molecule has 24 heavy (non-hydrogen) atoms. The van der Waals surface area contributed by atoms with Crippen molar-refractivity contribution in [3.8, 4) is 0 Å². The van der Waals surface area contributed by atoms with Gasteiger partial charge in [-0.2, -0.15) is 5.10 Å². The highest BCUT2D eigenvalue weighted by Gasteiger charge is 2.27. The van der Waals surface area contributed by atoms with E-state index in [9.17, 15) is 4.79 Å². The van der Waals surface area contributed by atoms with Crippen molar-refractivity contribution in [1.29, 1.82) is 0 Å². The van der Waals surface area contributed by atoms with Gasteiger partial charge in [0.15, 0.2) is 0 Å². The van der Waals surface area contributed by atoms with Crippen molar-refractivity contribution in [2.75, 3.05) is 13.1 Å². The van der Waals surface area contributed by atoms with Gasteiger partial charge in [-0.1, -0.05) is 13.3 Å². The second kappa shape index (κ2) is 7.55. The molecule has 1 aliphatic rings. The lowest BCUT2D eigenvalue weighted by Gasteiger charge is -2.31. The Labute approximate surface area is 142 Å². The number of unbranched alkanes of at least 4 members (excludes halogenated alkanes) is 1. The molecule has 1 aliphatic heterocycles. The maximum absolute atomic E-state index is 12.5. The Hall–Kier alpha value is -2.24. The normalized spacial score (nSPS) is 15.7. The molecular formula is C18H25N5O.